The highest BCUT2D eigenvalue weighted by molar-refractivity contribution is 14.1. The summed E-state index contributed by atoms with van der Waals surface area (Å²) in [5, 5.41) is 0. The molecule has 1 atom stereocenters. The number of halogens is 1. The lowest BCUT2D eigenvalue weighted by Gasteiger charge is -2.11. The molecular formula is C9H14INO3. The molecule has 1 fully saturated rings. The highest BCUT2D eigenvalue weighted by atomic mass is 127. The van der Waals surface area contributed by atoms with Crippen LogP contribution >= 0.6 is 22.9 Å². The van der Waals surface area contributed by atoms with Gasteiger partial charge in [0.2, 0.25) is 0 Å². The van der Waals surface area contributed by atoms with Crippen LogP contribution in [0, 0.1) is 5.92 Å². The van der Waals surface area contributed by atoms with Crippen LogP contribution in [0.2, 0.25) is 0 Å². The second-order valence-electron chi connectivity index (χ2n) is 3.22. The van der Waals surface area contributed by atoms with Gasteiger partial charge >= 0.3 is 5.97 Å². The Morgan fingerprint density at radius 2 is 2.36 bits per heavy atom. The highest BCUT2D eigenvalue weighted by Crippen LogP contribution is 2.17. The van der Waals surface area contributed by atoms with Gasteiger partial charge in [0.1, 0.15) is 11.7 Å². The Morgan fingerprint density at radius 3 is 3.00 bits per heavy atom. The number of nitrogens with zero attached hydrogens (tertiary/aromatic N) is 1. The second-order valence-corrected chi connectivity index (χ2v) is 4.58. The zero-order valence-electron chi connectivity index (χ0n) is 8.16. The van der Waals surface area contributed by atoms with Crippen LogP contribution in [0.1, 0.15) is 19.8 Å². The van der Waals surface area contributed by atoms with E-state index >= 15 is 0 Å². The van der Waals surface area contributed by atoms with E-state index in [-0.39, 0.29) is 11.8 Å². The molecule has 5 heteroatoms. The summed E-state index contributed by atoms with van der Waals surface area (Å²) in [6.07, 6.45) is 1.03. The van der Waals surface area contributed by atoms with E-state index in [1.165, 1.54) is 0 Å². The van der Waals surface area contributed by atoms with Gasteiger partial charge in [0.15, 0.2) is 0 Å². The van der Waals surface area contributed by atoms with E-state index < -0.39 is 5.92 Å². The molecule has 0 bridgehead atoms. The number of hydrogen-bond donors (Lipinski definition) is 0. The molecule has 14 heavy (non-hydrogen) atoms. The van der Waals surface area contributed by atoms with Gasteiger partial charge in [-0.1, -0.05) is 0 Å². The van der Waals surface area contributed by atoms with E-state index in [1.807, 2.05) is 3.11 Å². The first-order valence-electron chi connectivity index (χ1n) is 4.75. The molecule has 0 aromatic rings. The van der Waals surface area contributed by atoms with Gasteiger partial charge in [0.25, 0.3) is 0 Å². The summed E-state index contributed by atoms with van der Waals surface area (Å²) in [7, 11) is 0. The molecule has 1 aliphatic rings. The quantitative estimate of drug-likeness (QED) is 0.332. The fourth-order valence-electron chi connectivity index (χ4n) is 1.44. The van der Waals surface area contributed by atoms with Gasteiger partial charge in [-0.3, -0.25) is 9.59 Å². The van der Waals surface area contributed by atoms with E-state index in [0.717, 1.165) is 13.1 Å². The Hall–Kier alpha value is -0.170. The van der Waals surface area contributed by atoms with Crippen LogP contribution in [0.15, 0.2) is 0 Å². The summed E-state index contributed by atoms with van der Waals surface area (Å²) in [4.78, 5) is 22.9. The molecule has 0 saturated carbocycles. The standard InChI is InChI=1S/C9H14INO3/c1-2-14-9(13)7-3-5-11(10)6-4-8(7)12/h7H,2-6H2,1H3. The maximum atomic E-state index is 11.5. The summed E-state index contributed by atoms with van der Waals surface area (Å²) >= 11 is 2.18. The van der Waals surface area contributed by atoms with Crippen molar-refractivity contribution in [3.8, 4) is 0 Å². The molecule has 0 aromatic heterocycles. The van der Waals surface area contributed by atoms with Crippen LogP contribution in [-0.4, -0.2) is 34.6 Å². The van der Waals surface area contributed by atoms with E-state index in [9.17, 15) is 9.59 Å². The number of rotatable bonds is 2. The molecule has 80 valence electrons. The zero-order valence-corrected chi connectivity index (χ0v) is 10.3. The van der Waals surface area contributed by atoms with Crippen molar-refractivity contribution in [2.45, 2.75) is 19.8 Å². The van der Waals surface area contributed by atoms with Crippen LogP contribution in [0.4, 0.5) is 0 Å². The lowest BCUT2D eigenvalue weighted by Crippen LogP contribution is -2.25. The molecule has 0 aliphatic carbocycles. The second kappa shape index (κ2) is 5.65. The first kappa shape index (κ1) is 11.9. The van der Waals surface area contributed by atoms with Gasteiger partial charge in [-0.05, 0) is 13.3 Å². The van der Waals surface area contributed by atoms with Crippen LogP contribution < -0.4 is 0 Å². The lowest BCUT2D eigenvalue weighted by atomic mass is 10.00. The van der Waals surface area contributed by atoms with Crippen molar-refractivity contribution in [3.05, 3.63) is 0 Å². The smallest absolute Gasteiger partial charge is 0.316 e. The molecule has 0 spiro atoms. The summed E-state index contributed by atoms with van der Waals surface area (Å²) < 4.78 is 6.90. The number of ether oxygens (including phenoxy) is 1. The van der Waals surface area contributed by atoms with Crippen molar-refractivity contribution >= 4 is 34.6 Å². The van der Waals surface area contributed by atoms with E-state index in [2.05, 4.69) is 22.9 Å². The van der Waals surface area contributed by atoms with Crippen LogP contribution in [-0.2, 0) is 14.3 Å². The summed E-state index contributed by atoms with van der Waals surface area (Å²) in [5.41, 5.74) is 0. The lowest BCUT2D eigenvalue weighted by molar-refractivity contribution is -0.151. The average Bonchev–Trinajstić information content (AvgIpc) is 2.30. The SMILES string of the molecule is CCOC(=O)C1CCN(I)CCC1=O. The topological polar surface area (TPSA) is 46.6 Å². The van der Waals surface area contributed by atoms with E-state index in [4.69, 9.17) is 4.74 Å². The molecule has 1 heterocycles. The first-order valence-corrected chi connectivity index (χ1v) is 5.71. The number of Topliss-reactive ketones (excluding diaryl/α,β-unsaturated/α-hetero) is 1. The highest BCUT2D eigenvalue weighted by Gasteiger charge is 2.30. The third-order valence-corrected chi connectivity index (χ3v) is 3.19. The Bertz CT molecular complexity index is 224. The van der Waals surface area contributed by atoms with Crippen molar-refractivity contribution in [1.82, 2.24) is 3.11 Å². The van der Waals surface area contributed by atoms with E-state index in [0.29, 0.717) is 19.4 Å². The molecule has 4 nitrogen and oxygen atoms in total. The number of carbonyl (C=O) groups is 2. The van der Waals surface area contributed by atoms with Gasteiger partial charge in [-0.15, -0.1) is 0 Å². The zero-order chi connectivity index (χ0) is 10.6. The van der Waals surface area contributed by atoms with Crippen molar-refractivity contribution in [2.24, 2.45) is 5.92 Å². The molecule has 0 amide bonds. The van der Waals surface area contributed by atoms with Gasteiger partial charge in [0, 0.05) is 42.4 Å². The summed E-state index contributed by atoms with van der Waals surface area (Å²) in [5.74, 6) is -0.874. The largest absolute Gasteiger partial charge is 0.465 e. The van der Waals surface area contributed by atoms with Gasteiger partial charge < -0.3 is 4.74 Å². The molecular weight excluding hydrogens is 297 g/mol. The van der Waals surface area contributed by atoms with Crippen molar-refractivity contribution < 1.29 is 14.3 Å². The molecule has 1 saturated heterocycles. The Morgan fingerprint density at radius 1 is 1.64 bits per heavy atom. The van der Waals surface area contributed by atoms with Crippen LogP contribution in [0.3, 0.4) is 0 Å². The Balaban J connectivity index is 2.57. The third-order valence-electron chi connectivity index (χ3n) is 2.22. The van der Waals surface area contributed by atoms with Crippen molar-refractivity contribution in [2.75, 3.05) is 19.7 Å². The normalized spacial score (nSPS) is 24.4. The average molecular weight is 311 g/mol. The van der Waals surface area contributed by atoms with Crippen molar-refractivity contribution in [1.29, 1.82) is 0 Å². The van der Waals surface area contributed by atoms with E-state index in [1.54, 1.807) is 6.92 Å². The molecule has 1 unspecified atom stereocenters. The van der Waals surface area contributed by atoms with Gasteiger partial charge in [-0.25, -0.2) is 3.11 Å². The monoisotopic (exact) mass is 311 g/mol. The Kier molecular flexibility index (Phi) is 4.80. The van der Waals surface area contributed by atoms with Crippen molar-refractivity contribution in [3.63, 3.8) is 0 Å². The minimum Gasteiger partial charge on any atom is -0.465 e. The number of ketones is 1. The maximum absolute atomic E-state index is 11.5. The Labute approximate surface area is 97.5 Å². The van der Waals surface area contributed by atoms with Crippen LogP contribution in [0.5, 0.6) is 0 Å². The minimum absolute atomic E-state index is 0.0163. The fraction of sp³-hybridized carbons (Fsp3) is 0.778. The minimum atomic E-state index is -0.533. The predicted octanol–water partition coefficient (Wildman–Crippen LogP) is 1.18. The fourth-order valence-corrected chi connectivity index (χ4v) is 1.96. The maximum Gasteiger partial charge on any atom is 0.316 e. The molecule has 0 radical (unpaired) electrons. The molecule has 1 aliphatic heterocycles. The van der Waals surface area contributed by atoms with Gasteiger partial charge in [-0.2, -0.15) is 0 Å². The summed E-state index contributed by atoms with van der Waals surface area (Å²) in [6.45, 7) is 3.60. The predicted molar refractivity (Wildman–Crippen MR) is 60.0 cm³/mol. The first-order chi connectivity index (χ1) is 6.65. The number of hydrogen-bond acceptors (Lipinski definition) is 4. The van der Waals surface area contributed by atoms with Gasteiger partial charge in [0.05, 0.1) is 6.61 Å². The molecule has 1 rings (SSSR count). The number of esters is 1. The number of carbonyl (C=O) groups excluding carboxylic acids is 2. The molecule has 0 N–H and O–H groups in total. The summed E-state index contributed by atoms with van der Waals surface area (Å²) in [6, 6.07) is 0. The third kappa shape index (κ3) is 3.20. The van der Waals surface area contributed by atoms with Crippen LogP contribution in [0.25, 0.3) is 0 Å². The molecule has 0 aromatic carbocycles.